The Kier molecular flexibility index (Phi) is 3.68. The van der Waals surface area contributed by atoms with E-state index in [1.165, 1.54) is 6.20 Å². The second kappa shape index (κ2) is 5.02. The maximum atomic E-state index is 11.4. The van der Waals surface area contributed by atoms with E-state index < -0.39 is 0 Å². The van der Waals surface area contributed by atoms with Crippen molar-refractivity contribution < 1.29 is 4.79 Å². The Bertz CT molecular complexity index is 325. The zero-order chi connectivity index (χ0) is 10.4. The predicted octanol–water partition coefficient (Wildman–Crippen LogP) is 0.336. The Morgan fingerprint density at radius 2 is 2.64 bits per heavy atom. The Morgan fingerprint density at radius 1 is 1.86 bits per heavy atom. The third-order valence-corrected chi connectivity index (χ3v) is 1.73. The minimum absolute atomic E-state index is 0.232. The molecule has 5 heteroatoms. The summed E-state index contributed by atoms with van der Waals surface area (Å²) in [6.07, 6.45) is 8.30. The third-order valence-electron chi connectivity index (χ3n) is 1.73. The van der Waals surface area contributed by atoms with Gasteiger partial charge in [-0.05, 0) is 6.42 Å². The van der Waals surface area contributed by atoms with Crippen LogP contribution in [-0.4, -0.2) is 27.4 Å². The van der Waals surface area contributed by atoms with Crippen molar-refractivity contribution in [1.82, 2.24) is 20.7 Å². The van der Waals surface area contributed by atoms with Crippen LogP contribution in [0.1, 0.15) is 30.3 Å². The van der Waals surface area contributed by atoms with E-state index in [1.54, 1.807) is 0 Å². The first-order valence-corrected chi connectivity index (χ1v) is 4.40. The normalized spacial score (nSPS) is 11.7. The molecule has 0 radical (unpaired) electrons. The molecular weight excluding hydrogens is 180 g/mol. The molecule has 14 heavy (non-hydrogen) atoms. The van der Waals surface area contributed by atoms with E-state index in [-0.39, 0.29) is 17.6 Å². The van der Waals surface area contributed by atoms with Crippen LogP contribution in [0, 0.1) is 12.3 Å². The standard InChI is InChI=1S/C9H12N4O/c1-3-5-7(4-2)11-9(14)8-6-10-13-12-8/h2,6-7H,3,5H2,1H3,(H,11,14)(H,10,12,13). The maximum absolute atomic E-state index is 11.4. The molecule has 5 nitrogen and oxygen atoms in total. The SMILES string of the molecule is C#CC(CCC)NC(=O)c1cn[nH]n1. The van der Waals surface area contributed by atoms with Crippen LogP contribution in [0.2, 0.25) is 0 Å². The van der Waals surface area contributed by atoms with Crippen LogP contribution >= 0.6 is 0 Å². The van der Waals surface area contributed by atoms with E-state index in [0.717, 1.165) is 12.8 Å². The van der Waals surface area contributed by atoms with Gasteiger partial charge in [-0.15, -0.1) is 6.42 Å². The average Bonchev–Trinajstić information content (AvgIpc) is 2.69. The van der Waals surface area contributed by atoms with Gasteiger partial charge in [0.2, 0.25) is 0 Å². The van der Waals surface area contributed by atoms with E-state index in [1.807, 2.05) is 6.92 Å². The van der Waals surface area contributed by atoms with Crippen LogP contribution in [0.4, 0.5) is 0 Å². The first kappa shape index (κ1) is 10.3. The monoisotopic (exact) mass is 192 g/mol. The molecule has 0 aliphatic carbocycles. The molecule has 1 amide bonds. The van der Waals surface area contributed by atoms with Crippen molar-refractivity contribution in [2.24, 2.45) is 0 Å². The molecule has 0 fully saturated rings. The Morgan fingerprint density at radius 3 is 3.14 bits per heavy atom. The van der Waals surface area contributed by atoms with Crippen molar-refractivity contribution in [2.45, 2.75) is 25.8 Å². The smallest absolute Gasteiger partial charge is 0.274 e. The first-order valence-electron chi connectivity index (χ1n) is 4.40. The summed E-state index contributed by atoms with van der Waals surface area (Å²) in [6.45, 7) is 2.01. The van der Waals surface area contributed by atoms with E-state index in [0.29, 0.717) is 0 Å². The Hall–Kier alpha value is -1.83. The molecule has 74 valence electrons. The van der Waals surface area contributed by atoms with Crippen LogP contribution < -0.4 is 5.32 Å². The molecular formula is C9H12N4O. The minimum Gasteiger partial charge on any atom is -0.337 e. The van der Waals surface area contributed by atoms with Gasteiger partial charge >= 0.3 is 0 Å². The van der Waals surface area contributed by atoms with Gasteiger partial charge < -0.3 is 5.32 Å². The molecule has 0 saturated carbocycles. The van der Waals surface area contributed by atoms with E-state index in [2.05, 4.69) is 26.6 Å². The third kappa shape index (κ3) is 2.59. The second-order valence-corrected chi connectivity index (χ2v) is 2.84. The van der Waals surface area contributed by atoms with Crippen LogP contribution in [0.5, 0.6) is 0 Å². The molecule has 1 unspecified atom stereocenters. The van der Waals surface area contributed by atoms with Crippen LogP contribution in [0.25, 0.3) is 0 Å². The summed E-state index contributed by atoms with van der Waals surface area (Å²) in [5.74, 6) is 2.21. The van der Waals surface area contributed by atoms with Gasteiger partial charge in [-0.3, -0.25) is 4.79 Å². The molecule has 0 spiro atoms. The minimum atomic E-state index is -0.296. The highest BCUT2D eigenvalue weighted by molar-refractivity contribution is 5.92. The lowest BCUT2D eigenvalue weighted by atomic mass is 10.2. The molecule has 0 aliphatic heterocycles. The number of nitrogens with zero attached hydrogens (tertiary/aromatic N) is 2. The molecule has 1 aromatic heterocycles. The summed E-state index contributed by atoms with van der Waals surface area (Å²) >= 11 is 0. The molecule has 0 aromatic carbocycles. The average molecular weight is 192 g/mol. The van der Waals surface area contributed by atoms with Crippen molar-refractivity contribution in [1.29, 1.82) is 0 Å². The fraction of sp³-hybridized carbons (Fsp3) is 0.444. The number of nitrogens with one attached hydrogen (secondary N) is 2. The number of amides is 1. The molecule has 1 atom stereocenters. The van der Waals surface area contributed by atoms with Gasteiger partial charge in [-0.1, -0.05) is 19.3 Å². The largest absolute Gasteiger partial charge is 0.337 e. The fourth-order valence-corrected chi connectivity index (χ4v) is 1.03. The van der Waals surface area contributed by atoms with Crippen molar-refractivity contribution >= 4 is 5.91 Å². The number of aromatic amines is 1. The highest BCUT2D eigenvalue weighted by atomic mass is 16.2. The van der Waals surface area contributed by atoms with E-state index in [4.69, 9.17) is 6.42 Å². The fourth-order valence-electron chi connectivity index (χ4n) is 1.03. The molecule has 1 rings (SSSR count). The molecule has 0 aliphatic rings. The molecule has 0 saturated heterocycles. The van der Waals surface area contributed by atoms with Crippen molar-refractivity contribution in [2.75, 3.05) is 0 Å². The molecule has 2 N–H and O–H groups in total. The number of rotatable bonds is 4. The predicted molar refractivity (Wildman–Crippen MR) is 51.4 cm³/mol. The van der Waals surface area contributed by atoms with Gasteiger partial charge in [0, 0.05) is 0 Å². The van der Waals surface area contributed by atoms with Gasteiger partial charge in [0.1, 0.15) is 0 Å². The molecule has 1 heterocycles. The lowest BCUT2D eigenvalue weighted by Crippen LogP contribution is -2.33. The van der Waals surface area contributed by atoms with Crippen molar-refractivity contribution in [3.8, 4) is 12.3 Å². The number of carbonyl (C=O) groups is 1. The van der Waals surface area contributed by atoms with E-state index in [9.17, 15) is 4.79 Å². The second-order valence-electron chi connectivity index (χ2n) is 2.84. The van der Waals surface area contributed by atoms with E-state index >= 15 is 0 Å². The summed E-state index contributed by atoms with van der Waals surface area (Å²) in [6, 6.07) is -0.232. The number of carbonyl (C=O) groups excluding carboxylic acids is 1. The first-order chi connectivity index (χ1) is 6.77. The zero-order valence-corrected chi connectivity index (χ0v) is 7.95. The van der Waals surface area contributed by atoms with Gasteiger partial charge in [0.15, 0.2) is 5.69 Å². The van der Waals surface area contributed by atoms with Crippen LogP contribution in [-0.2, 0) is 0 Å². The number of terminal acetylenes is 1. The highest BCUT2D eigenvalue weighted by Gasteiger charge is 2.12. The van der Waals surface area contributed by atoms with Crippen molar-refractivity contribution in [3.05, 3.63) is 11.9 Å². The summed E-state index contributed by atoms with van der Waals surface area (Å²) < 4.78 is 0. The molecule has 0 bridgehead atoms. The summed E-state index contributed by atoms with van der Waals surface area (Å²) in [4.78, 5) is 11.4. The van der Waals surface area contributed by atoms with Gasteiger partial charge in [-0.25, -0.2) is 0 Å². The zero-order valence-electron chi connectivity index (χ0n) is 7.95. The highest BCUT2D eigenvalue weighted by Crippen LogP contribution is 1.97. The maximum Gasteiger partial charge on any atom is 0.274 e. The number of aromatic nitrogens is 3. The number of hydrogen-bond acceptors (Lipinski definition) is 3. The molecule has 1 aromatic rings. The Balaban J connectivity index is 2.52. The lowest BCUT2D eigenvalue weighted by Gasteiger charge is -2.09. The topological polar surface area (TPSA) is 70.7 Å². The summed E-state index contributed by atoms with van der Waals surface area (Å²) in [5, 5.41) is 12.2. The number of hydrogen-bond donors (Lipinski definition) is 2. The Labute approximate surface area is 82.3 Å². The van der Waals surface area contributed by atoms with Gasteiger partial charge in [0.05, 0.1) is 12.2 Å². The quantitative estimate of drug-likeness (QED) is 0.675. The van der Waals surface area contributed by atoms with Gasteiger partial charge in [-0.2, -0.15) is 15.4 Å². The van der Waals surface area contributed by atoms with Crippen molar-refractivity contribution in [3.63, 3.8) is 0 Å². The summed E-state index contributed by atoms with van der Waals surface area (Å²) in [5.41, 5.74) is 0.251. The lowest BCUT2D eigenvalue weighted by molar-refractivity contribution is 0.0939. The van der Waals surface area contributed by atoms with Crippen LogP contribution in [0.3, 0.4) is 0 Å². The van der Waals surface area contributed by atoms with Crippen LogP contribution in [0.15, 0.2) is 6.20 Å². The summed E-state index contributed by atoms with van der Waals surface area (Å²) in [7, 11) is 0. The number of H-pyrrole nitrogens is 1. The van der Waals surface area contributed by atoms with Gasteiger partial charge in [0.25, 0.3) is 5.91 Å².